The molecule has 0 fully saturated rings. The molecule has 0 spiro atoms. The number of aromatic nitrogens is 1. The number of esters is 2. The Morgan fingerprint density at radius 1 is 1.16 bits per heavy atom. The van der Waals surface area contributed by atoms with Crippen LogP contribution in [0.15, 0.2) is 0 Å². The predicted molar refractivity (Wildman–Crippen MR) is 88.3 cm³/mol. The number of urea groups is 1. The molecule has 138 valence electrons. The van der Waals surface area contributed by atoms with E-state index in [1.807, 2.05) is 6.92 Å². The zero-order chi connectivity index (χ0) is 19.1. The second-order valence-electron chi connectivity index (χ2n) is 5.22. The van der Waals surface area contributed by atoms with Crippen LogP contribution in [0.5, 0.6) is 0 Å². The van der Waals surface area contributed by atoms with Crippen molar-refractivity contribution < 1.29 is 28.7 Å². The number of H-pyrrole nitrogens is 1. The van der Waals surface area contributed by atoms with Crippen LogP contribution in [0.25, 0.3) is 0 Å². The summed E-state index contributed by atoms with van der Waals surface area (Å²) in [6.07, 6.45) is -0.712. The molecule has 0 radical (unpaired) electrons. The molecule has 1 aromatic heterocycles. The van der Waals surface area contributed by atoms with Crippen LogP contribution in [0.3, 0.4) is 0 Å². The van der Waals surface area contributed by atoms with Crippen LogP contribution in [0.1, 0.15) is 52.9 Å². The second-order valence-corrected chi connectivity index (χ2v) is 5.22. The Morgan fingerprint density at radius 3 is 2.32 bits per heavy atom. The maximum absolute atomic E-state index is 12.3. The fourth-order valence-corrected chi connectivity index (χ4v) is 2.20. The van der Waals surface area contributed by atoms with Crippen molar-refractivity contribution in [2.24, 2.45) is 0 Å². The predicted octanol–water partition coefficient (Wildman–Crippen LogP) is 1.06. The molecule has 9 heteroatoms. The third-order valence-electron chi connectivity index (χ3n) is 3.50. The molecular weight excluding hydrogens is 330 g/mol. The van der Waals surface area contributed by atoms with Crippen LogP contribution in [0, 0.1) is 6.92 Å². The van der Waals surface area contributed by atoms with E-state index in [9.17, 15) is 19.2 Å². The van der Waals surface area contributed by atoms with Gasteiger partial charge in [0.25, 0.3) is 5.91 Å². The number of imide groups is 1. The zero-order valence-electron chi connectivity index (χ0n) is 14.9. The largest absolute Gasteiger partial charge is 0.465 e. The summed E-state index contributed by atoms with van der Waals surface area (Å²) < 4.78 is 9.79. The molecular formula is C16H23N3O6. The number of rotatable bonds is 6. The number of aryl methyl sites for hydroxylation is 1. The first-order valence-corrected chi connectivity index (χ1v) is 7.86. The van der Waals surface area contributed by atoms with Crippen LogP contribution < -0.4 is 10.6 Å². The van der Waals surface area contributed by atoms with Gasteiger partial charge in [-0.05, 0) is 32.8 Å². The molecule has 1 heterocycles. The molecule has 3 N–H and O–H groups in total. The van der Waals surface area contributed by atoms with Gasteiger partial charge in [0.15, 0.2) is 6.10 Å². The van der Waals surface area contributed by atoms with Crippen molar-refractivity contribution in [3.05, 3.63) is 22.5 Å². The van der Waals surface area contributed by atoms with E-state index in [1.165, 1.54) is 14.0 Å². The summed E-state index contributed by atoms with van der Waals surface area (Å²) >= 11 is 0. The van der Waals surface area contributed by atoms with Gasteiger partial charge in [0.1, 0.15) is 5.69 Å². The number of aromatic amines is 1. The maximum atomic E-state index is 12.3. The molecule has 0 aliphatic carbocycles. The zero-order valence-corrected chi connectivity index (χ0v) is 14.9. The minimum Gasteiger partial charge on any atom is -0.465 e. The number of carbonyl (C=O) groups is 4. The van der Waals surface area contributed by atoms with Crippen LogP contribution in [0.2, 0.25) is 0 Å². The standard InChI is InChI=1S/C16H23N3O6/c1-6-10-11(14(21)24-5)8(3)12(18-10)15(22)25-9(4)13(20)19-16(23)17-7-2/h9,18H,6-7H2,1-5H3,(H2,17,19,20,23)/t9-/m1/s1. The molecule has 0 aliphatic heterocycles. The van der Waals surface area contributed by atoms with Crippen molar-refractivity contribution in [1.29, 1.82) is 0 Å². The molecule has 25 heavy (non-hydrogen) atoms. The first kappa shape index (κ1) is 20.2. The fourth-order valence-electron chi connectivity index (χ4n) is 2.20. The summed E-state index contributed by atoms with van der Waals surface area (Å²) in [5, 5.41) is 4.45. The number of amides is 3. The minimum absolute atomic E-state index is 0.0647. The summed E-state index contributed by atoms with van der Waals surface area (Å²) in [4.78, 5) is 50.1. The summed E-state index contributed by atoms with van der Waals surface area (Å²) in [5.41, 5.74) is 1.26. The molecule has 1 aromatic rings. The molecule has 0 saturated heterocycles. The molecule has 0 saturated carbocycles. The van der Waals surface area contributed by atoms with Gasteiger partial charge in [0.2, 0.25) is 0 Å². The number of carbonyl (C=O) groups excluding carboxylic acids is 4. The lowest BCUT2D eigenvalue weighted by Crippen LogP contribution is -2.44. The highest BCUT2D eigenvalue weighted by Crippen LogP contribution is 2.21. The van der Waals surface area contributed by atoms with Gasteiger partial charge in [-0.15, -0.1) is 0 Å². The number of methoxy groups -OCH3 is 1. The summed E-state index contributed by atoms with van der Waals surface area (Å²) in [6, 6.07) is -0.673. The van der Waals surface area contributed by atoms with Crippen molar-refractivity contribution in [2.45, 2.75) is 40.2 Å². The van der Waals surface area contributed by atoms with E-state index >= 15 is 0 Å². The van der Waals surface area contributed by atoms with Crippen LogP contribution >= 0.6 is 0 Å². The van der Waals surface area contributed by atoms with E-state index in [0.29, 0.717) is 24.2 Å². The van der Waals surface area contributed by atoms with Crippen molar-refractivity contribution in [3.63, 3.8) is 0 Å². The molecule has 1 rings (SSSR count). The lowest BCUT2D eigenvalue weighted by molar-refractivity contribution is -0.127. The highest BCUT2D eigenvalue weighted by atomic mass is 16.5. The second kappa shape index (κ2) is 8.86. The number of nitrogens with one attached hydrogen (secondary N) is 3. The van der Waals surface area contributed by atoms with Gasteiger partial charge in [0, 0.05) is 12.2 Å². The normalized spacial score (nSPS) is 11.4. The molecule has 0 aromatic carbocycles. The smallest absolute Gasteiger partial charge is 0.355 e. The van der Waals surface area contributed by atoms with Gasteiger partial charge in [-0.1, -0.05) is 6.92 Å². The Morgan fingerprint density at radius 2 is 1.80 bits per heavy atom. The third-order valence-corrected chi connectivity index (χ3v) is 3.50. The quantitative estimate of drug-likeness (QED) is 0.657. The van der Waals surface area contributed by atoms with Gasteiger partial charge in [-0.2, -0.15) is 0 Å². The van der Waals surface area contributed by atoms with Gasteiger partial charge in [-0.3, -0.25) is 10.1 Å². The highest BCUT2D eigenvalue weighted by molar-refractivity contribution is 6.00. The van der Waals surface area contributed by atoms with E-state index in [1.54, 1.807) is 13.8 Å². The van der Waals surface area contributed by atoms with Crippen LogP contribution in [0.4, 0.5) is 4.79 Å². The molecule has 1 atom stereocenters. The van der Waals surface area contributed by atoms with Crippen molar-refractivity contribution in [2.75, 3.05) is 13.7 Å². The Hall–Kier alpha value is -2.84. The van der Waals surface area contributed by atoms with Crippen molar-refractivity contribution >= 4 is 23.9 Å². The Bertz CT molecular complexity index is 680. The molecule has 0 unspecified atom stereocenters. The Labute approximate surface area is 145 Å². The molecule has 0 bridgehead atoms. The monoisotopic (exact) mass is 353 g/mol. The molecule has 3 amide bonds. The highest BCUT2D eigenvalue weighted by Gasteiger charge is 2.27. The third kappa shape index (κ3) is 4.82. The molecule has 0 aliphatic rings. The topological polar surface area (TPSA) is 127 Å². The summed E-state index contributed by atoms with van der Waals surface area (Å²) in [6.45, 7) is 6.79. The Kier molecular flexibility index (Phi) is 7.16. The summed E-state index contributed by atoms with van der Waals surface area (Å²) in [7, 11) is 1.25. The van der Waals surface area contributed by atoms with Crippen molar-refractivity contribution in [1.82, 2.24) is 15.6 Å². The van der Waals surface area contributed by atoms with Gasteiger partial charge < -0.3 is 19.8 Å². The van der Waals surface area contributed by atoms with E-state index in [-0.39, 0.29) is 11.3 Å². The number of ether oxygens (including phenoxy) is 2. The van der Waals surface area contributed by atoms with Crippen LogP contribution in [-0.2, 0) is 20.7 Å². The average molecular weight is 353 g/mol. The van der Waals surface area contributed by atoms with Crippen LogP contribution in [-0.4, -0.2) is 48.6 Å². The van der Waals surface area contributed by atoms with E-state index in [2.05, 4.69) is 15.6 Å². The Balaban J connectivity index is 2.90. The number of hydrogen-bond donors (Lipinski definition) is 3. The van der Waals surface area contributed by atoms with Gasteiger partial charge >= 0.3 is 18.0 Å². The summed E-state index contributed by atoms with van der Waals surface area (Å²) in [5.74, 6) is -2.13. The molecule has 9 nitrogen and oxygen atoms in total. The first-order chi connectivity index (χ1) is 11.8. The lowest BCUT2D eigenvalue weighted by atomic mass is 10.1. The van der Waals surface area contributed by atoms with E-state index in [4.69, 9.17) is 9.47 Å². The van der Waals surface area contributed by atoms with Crippen molar-refractivity contribution in [3.8, 4) is 0 Å². The number of hydrogen-bond acceptors (Lipinski definition) is 6. The van der Waals surface area contributed by atoms with E-state index < -0.39 is 30.0 Å². The van der Waals surface area contributed by atoms with Gasteiger partial charge in [0.05, 0.1) is 12.7 Å². The first-order valence-electron chi connectivity index (χ1n) is 7.86. The fraction of sp³-hybridized carbons (Fsp3) is 0.500. The SMILES string of the molecule is CCNC(=O)NC(=O)[C@@H](C)OC(=O)c1[nH]c(CC)c(C(=O)OC)c1C. The average Bonchev–Trinajstić information content (AvgIpc) is 2.90. The lowest BCUT2D eigenvalue weighted by Gasteiger charge is -2.13. The van der Waals surface area contributed by atoms with E-state index in [0.717, 1.165) is 0 Å². The minimum atomic E-state index is -1.19. The van der Waals surface area contributed by atoms with Gasteiger partial charge in [-0.25, -0.2) is 14.4 Å². The maximum Gasteiger partial charge on any atom is 0.355 e.